The summed E-state index contributed by atoms with van der Waals surface area (Å²) in [6.45, 7) is 2.32. The molecule has 3 rings (SSSR count). The Hall–Kier alpha value is -1.37. The first-order valence-electron chi connectivity index (χ1n) is 7.81. The molecular formula is C18H15Cl3N2O2S. The monoisotopic (exact) mass is 428 g/mol. The highest BCUT2D eigenvalue weighted by Crippen LogP contribution is 2.31. The van der Waals surface area contributed by atoms with Gasteiger partial charge in [0.2, 0.25) is 10.0 Å². The second-order valence-corrected chi connectivity index (χ2v) is 8.81. The molecule has 0 amide bonds. The SMILES string of the molecule is CCN(Cc1cccc(Cl)c1)S(=O)(=O)c1ccc2c(Cl)cnc(Cl)c2c1. The summed E-state index contributed by atoms with van der Waals surface area (Å²) < 4.78 is 27.6. The lowest BCUT2D eigenvalue weighted by Crippen LogP contribution is -2.30. The zero-order valence-corrected chi connectivity index (χ0v) is 16.9. The lowest BCUT2D eigenvalue weighted by molar-refractivity contribution is 0.423. The molecule has 0 unspecified atom stereocenters. The van der Waals surface area contributed by atoms with Crippen LogP contribution < -0.4 is 0 Å². The molecule has 0 N–H and O–H groups in total. The molecule has 1 aromatic heterocycles. The van der Waals surface area contributed by atoms with Crippen LogP contribution in [0.4, 0.5) is 0 Å². The maximum absolute atomic E-state index is 13.1. The second kappa shape index (κ2) is 7.71. The first kappa shape index (κ1) is 19.4. The fourth-order valence-corrected chi connectivity index (χ4v) is 4.77. The van der Waals surface area contributed by atoms with Crippen molar-refractivity contribution >= 4 is 55.6 Å². The van der Waals surface area contributed by atoms with Gasteiger partial charge < -0.3 is 0 Å². The molecule has 0 fully saturated rings. The van der Waals surface area contributed by atoms with E-state index in [0.717, 1.165) is 5.56 Å². The Labute approximate surface area is 167 Å². The van der Waals surface area contributed by atoms with Crippen LogP contribution in [0.2, 0.25) is 15.2 Å². The number of hydrogen-bond acceptors (Lipinski definition) is 3. The average molecular weight is 430 g/mol. The van der Waals surface area contributed by atoms with Crippen molar-refractivity contribution in [3.63, 3.8) is 0 Å². The molecule has 8 heteroatoms. The number of aromatic nitrogens is 1. The zero-order valence-electron chi connectivity index (χ0n) is 13.8. The zero-order chi connectivity index (χ0) is 18.9. The minimum absolute atomic E-state index is 0.139. The highest BCUT2D eigenvalue weighted by Gasteiger charge is 2.24. The summed E-state index contributed by atoms with van der Waals surface area (Å²) in [5.41, 5.74) is 0.812. The van der Waals surface area contributed by atoms with Crippen LogP contribution >= 0.6 is 34.8 Å². The van der Waals surface area contributed by atoms with Crippen molar-refractivity contribution in [2.45, 2.75) is 18.4 Å². The number of benzene rings is 2. The lowest BCUT2D eigenvalue weighted by atomic mass is 10.2. The van der Waals surface area contributed by atoms with Gasteiger partial charge in [0.1, 0.15) is 5.15 Å². The van der Waals surface area contributed by atoms with Gasteiger partial charge in [-0.15, -0.1) is 0 Å². The molecule has 0 aliphatic rings. The van der Waals surface area contributed by atoms with Gasteiger partial charge in [-0.1, -0.05) is 59.9 Å². The highest BCUT2D eigenvalue weighted by atomic mass is 35.5. The molecule has 0 atom stereocenters. The third-order valence-corrected chi connectivity index (χ3v) is 6.75. The largest absolute Gasteiger partial charge is 0.243 e. The van der Waals surface area contributed by atoms with Crippen molar-refractivity contribution < 1.29 is 8.42 Å². The Morgan fingerprint density at radius 1 is 1.04 bits per heavy atom. The number of nitrogens with zero attached hydrogens (tertiary/aromatic N) is 2. The van der Waals surface area contributed by atoms with Gasteiger partial charge in [-0.25, -0.2) is 13.4 Å². The number of rotatable bonds is 5. The number of sulfonamides is 1. The molecule has 2 aromatic carbocycles. The number of fused-ring (bicyclic) bond motifs is 1. The van der Waals surface area contributed by atoms with Gasteiger partial charge in [0.15, 0.2) is 0 Å². The third kappa shape index (κ3) is 3.82. The van der Waals surface area contributed by atoms with Crippen LogP contribution in [0.15, 0.2) is 53.6 Å². The maximum atomic E-state index is 13.1. The van der Waals surface area contributed by atoms with Gasteiger partial charge in [0.05, 0.1) is 9.92 Å². The summed E-state index contributed by atoms with van der Waals surface area (Å²) >= 11 is 18.2. The summed E-state index contributed by atoms with van der Waals surface area (Å²) in [4.78, 5) is 4.12. The quantitative estimate of drug-likeness (QED) is 0.510. The van der Waals surface area contributed by atoms with Gasteiger partial charge in [-0.3, -0.25) is 0 Å². The summed E-state index contributed by atoms with van der Waals surface area (Å²) in [5.74, 6) is 0. The molecular weight excluding hydrogens is 415 g/mol. The topological polar surface area (TPSA) is 50.3 Å². The van der Waals surface area contributed by atoms with Crippen LogP contribution in [0.5, 0.6) is 0 Å². The Kier molecular flexibility index (Phi) is 5.75. The molecule has 0 aliphatic heterocycles. The molecule has 136 valence electrons. The van der Waals surface area contributed by atoms with Gasteiger partial charge in [0.25, 0.3) is 0 Å². The van der Waals surface area contributed by atoms with Crippen LogP contribution in [0.3, 0.4) is 0 Å². The van der Waals surface area contributed by atoms with Crippen molar-refractivity contribution in [3.8, 4) is 0 Å². The Balaban J connectivity index is 2.02. The average Bonchev–Trinajstić information content (AvgIpc) is 2.62. The summed E-state index contributed by atoms with van der Waals surface area (Å²) in [5, 5.41) is 2.34. The molecule has 0 saturated heterocycles. The first-order chi connectivity index (χ1) is 12.3. The van der Waals surface area contributed by atoms with Crippen molar-refractivity contribution in [2.75, 3.05) is 6.54 Å². The van der Waals surface area contributed by atoms with Crippen molar-refractivity contribution in [1.82, 2.24) is 9.29 Å². The molecule has 0 bridgehead atoms. The van der Waals surface area contributed by atoms with E-state index in [2.05, 4.69) is 4.98 Å². The van der Waals surface area contributed by atoms with E-state index in [1.807, 2.05) is 6.07 Å². The van der Waals surface area contributed by atoms with Crippen molar-refractivity contribution in [3.05, 3.63) is 69.4 Å². The van der Waals surface area contributed by atoms with Gasteiger partial charge in [0, 0.05) is 35.1 Å². The Morgan fingerprint density at radius 3 is 2.50 bits per heavy atom. The van der Waals surface area contributed by atoms with Crippen LogP contribution in [0, 0.1) is 0 Å². The normalized spacial score (nSPS) is 12.0. The summed E-state index contributed by atoms with van der Waals surface area (Å²) in [6, 6.07) is 11.8. The number of pyridine rings is 1. The van der Waals surface area contributed by atoms with Crippen molar-refractivity contribution in [2.24, 2.45) is 0 Å². The molecule has 0 spiro atoms. The maximum Gasteiger partial charge on any atom is 0.243 e. The van der Waals surface area contributed by atoms with E-state index in [0.29, 0.717) is 27.4 Å². The van der Waals surface area contributed by atoms with E-state index in [1.165, 1.54) is 22.6 Å². The summed E-state index contributed by atoms with van der Waals surface area (Å²) in [7, 11) is -3.72. The molecule has 3 aromatic rings. The van der Waals surface area contributed by atoms with Gasteiger partial charge >= 0.3 is 0 Å². The van der Waals surface area contributed by atoms with E-state index >= 15 is 0 Å². The molecule has 4 nitrogen and oxygen atoms in total. The van der Waals surface area contributed by atoms with Crippen LogP contribution in [-0.4, -0.2) is 24.3 Å². The second-order valence-electron chi connectivity index (χ2n) is 5.67. The molecule has 0 aliphatic carbocycles. The van der Waals surface area contributed by atoms with Crippen LogP contribution in [0.25, 0.3) is 10.8 Å². The van der Waals surface area contributed by atoms with E-state index in [1.54, 1.807) is 31.2 Å². The smallest absolute Gasteiger partial charge is 0.242 e. The Morgan fingerprint density at radius 2 is 1.81 bits per heavy atom. The van der Waals surface area contributed by atoms with Gasteiger partial charge in [-0.2, -0.15) is 4.31 Å². The van der Waals surface area contributed by atoms with E-state index in [4.69, 9.17) is 34.8 Å². The number of hydrogen-bond donors (Lipinski definition) is 0. The van der Waals surface area contributed by atoms with E-state index in [9.17, 15) is 8.42 Å². The Bertz CT molecular complexity index is 1070. The predicted molar refractivity (Wildman–Crippen MR) is 106 cm³/mol. The fourth-order valence-electron chi connectivity index (χ4n) is 2.67. The van der Waals surface area contributed by atoms with Crippen LogP contribution in [0.1, 0.15) is 12.5 Å². The summed E-state index contributed by atoms with van der Waals surface area (Å²) in [6.07, 6.45) is 1.44. The van der Waals surface area contributed by atoms with E-state index < -0.39 is 10.0 Å². The van der Waals surface area contributed by atoms with E-state index in [-0.39, 0.29) is 16.6 Å². The predicted octanol–water partition coefficient (Wildman–Crippen LogP) is 5.41. The van der Waals surface area contributed by atoms with Crippen LogP contribution in [-0.2, 0) is 16.6 Å². The van der Waals surface area contributed by atoms with Gasteiger partial charge in [-0.05, 0) is 29.8 Å². The molecule has 0 saturated carbocycles. The minimum atomic E-state index is -3.72. The minimum Gasteiger partial charge on any atom is -0.242 e. The molecule has 0 radical (unpaired) electrons. The third-order valence-electron chi connectivity index (χ3n) is 4.00. The standard InChI is InChI=1S/C18H15Cl3N2O2S/c1-2-23(11-12-4-3-5-13(19)8-12)26(24,25)14-6-7-15-16(9-14)18(21)22-10-17(15)20/h3-10H,2,11H2,1H3. The lowest BCUT2D eigenvalue weighted by Gasteiger charge is -2.21. The molecule has 26 heavy (non-hydrogen) atoms. The molecule has 1 heterocycles. The first-order valence-corrected chi connectivity index (χ1v) is 10.4. The van der Waals surface area contributed by atoms with Crippen molar-refractivity contribution in [1.29, 1.82) is 0 Å². The fraction of sp³-hybridized carbons (Fsp3) is 0.167. The highest BCUT2D eigenvalue weighted by molar-refractivity contribution is 7.89. The number of halogens is 3.